The molecular weight excluding hydrogens is 392 g/mol. The van der Waals surface area contributed by atoms with Gasteiger partial charge in [0.25, 0.3) is 0 Å². The van der Waals surface area contributed by atoms with Crippen molar-refractivity contribution in [2.45, 2.75) is 45.6 Å². The van der Waals surface area contributed by atoms with E-state index in [-0.39, 0.29) is 6.04 Å². The predicted octanol–water partition coefficient (Wildman–Crippen LogP) is 1.51. The van der Waals surface area contributed by atoms with Gasteiger partial charge in [0.05, 0.1) is 24.6 Å². The molecule has 10 nitrogen and oxygen atoms in total. The van der Waals surface area contributed by atoms with Crippen LogP contribution in [0.15, 0.2) is 22.1 Å². The zero-order chi connectivity index (χ0) is 23.2. The van der Waals surface area contributed by atoms with Crippen LogP contribution >= 0.6 is 0 Å². The number of hydrogen-bond acceptors (Lipinski definition) is 9. The second kappa shape index (κ2) is 14.3. The van der Waals surface area contributed by atoms with Gasteiger partial charge in [0.15, 0.2) is 0 Å². The summed E-state index contributed by atoms with van der Waals surface area (Å²) in [7, 11) is 0. The van der Waals surface area contributed by atoms with E-state index < -0.39 is 24.6 Å². The van der Waals surface area contributed by atoms with Crippen LogP contribution in [0.1, 0.15) is 49.8 Å². The molecule has 0 radical (unpaired) electrons. The predicted molar refractivity (Wildman–Crippen MR) is 111 cm³/mol. The molecule has 1 aromatic carbocycles. The van der Waals surface area contributed by atoms with Gasteiger partial charge in [0.1, 0.15) is 5.41 Å². The highest BCUT2D eigenvalue weighted by Crippen LogP contribution is 2.33. The first-order valence-corrected chi connectivity index (χ1v) is 9.41. The number of carbonyl (C=O) groups is 1. The maximum Gasteiger partial charge on any atom is 0.314 e. The van der Waals surface area contributed by atoms with Gasteiger partial charge in [-0.25, -0.2) is 9.59 Å². The molecule has 1 atom stereocenters. The van der Waals surface area contributed by atoms with Gasteiger partial charge in [0.2, 0.25) is 12.2 Å². The number of carbonyl (C=O) groups excluding carboxylic acids is 2. The van der Waals surface area contributed by atoms with Crippen molar-refractivity contribution in [1.29, 1.82) is 0 Å². The summed E-state index contributed by atoms with van der Waals surface area (Å²) in [6.07, 6.45) is 6.75. The SMILES string of the molecule is CC(CO)(CO)C(=O)O.Cc1c(N=C=O)cc(C(N)CCCCCN)cc1N=C=O. The van der Waals surface area contributed by atoms with Gasteiger partial charge in [-0.3, -0.25) is 4.79 Å². The number of isocyanates is 2. The zero-order valence-electron chi connectivity index (χ0n) is 17.3. The quantitative estimate of drug-likeness (QED) is 0.201. The molecule has 1 rings (SSSR count). The number of rotatable bonds is 11. The monoisotopic (exact) mass is 422 g/mol. The molecule has 0 saturated heterocycles. The molecule has 1 unspecified atom stereocenters. The number of carboxylic acid groups (broad SMARTS) is 1. The van der Waals surface area contributed by atoms with Gasteiger partial charge in [-0.2, -0.15) is 9.98 Å². The molecule has 1 aromatic rings. The maximum absolute atomic E-state index is 10.5. The Hall–Kier alpha value is -2.71. The Kier molecular flexibility index (Phi) is 13.0. The average molecular weight is 422 g/mol. The molecule has 0 aromatic heterocycles. The highest BCUT2D eigenvalue weighted by Gasteiger charge is 2.31. The second-order valence-electron chi connectivity index (χ2n) is 7.02. The van der Waals surface area contributed by atoms with Crippen LogP contribution in [0.2, 0.25) is 0 Å². The number of carboxylic acids is 1. The van der Waals surface area contributed by atoms with Gasteiger partial charge in [-0.05, 0) is 50.9 Å². The number of aliphatic carboxylic acids is 1. The molecule has 0 heterocycles. The third-order valence-corrected chi connectivity index (χ3v) is 4.57. The van der Waals surface area contributed by atoms with Crippen molar-refractivity contribution in [1.82, 2.24) is 0 Å². The number of hydrogen-bond donors (Lipinski definition) is 5. The summed E-state index contributed by atoms with van der Waals surface area (Å²) in [5, 5.41) is 25.1. The maximum atomic E-state index is 10.5. The Labute approximate surface area is 175 Å². The van der Waals surface area contributed by atoms with Crippen LogP contribution in [0.4, 0.5) is 11.4 Å². The van der Waals surface area contributed by atoms with E-state index >= 15 is 0 Å². The third kappa shape index (κ3) is 8.75. The van der Waals surface area contributed by atoms with Crippen molar-refractivity contribution in [2.75, 3.05) is 19.8 Å². The van der Waals surface area contributed by atoms with E-state index in [1.807, 2.05) is 0 Å². The molecule has 0 bridgehead atoms. The Morgan fingerprint density at radius 2 is 1.60 bits per heavy atom. The molecule has 30 heavy (non-hydrogen) atoms. The van der Waals surface area contributed by atoms with Crippen molar-refractivity contribution in [3.8, 4) is 0 Å². The number of aliphatic imine (C=N–C) groups is 2. The Balaban J connectivity index is 0.000000787. The van der Waals surface area contributed by atoms with Crippen molar-refractivity contribution in [2.24, 2.45) is 26.9 Å². The van der Waals surface area contributed by atoms with E-state index in [0.29, 0.717) is 23.5 Å². The van der Waals surface area contributed by atoms with E-state index in [1.165, 1.54) is 19.1 Å². The number of nitrogens with zero attached hydrogens (tertiary/aromatic N) is 2. The summed E-state index contributed by atoms with van der Waals surface area (Å²) in [5.74, 6) is -1.19. The first-order valence-electron chi connectivity index (χ1n) is 9.41. The van der Waals surface area contributed by atoms with Gasteiger partial charge in [-0.15, -0.1) is 0 Å². The van der Waals surface area contributed by atoms with E-state index in [1.54, 1.807) is 19.1 Å². The molecule has 0 aliphatic carbocycles. The fourth-order valence-electron chi connectivity index (χ4n) is 2.29. The lowest BCUT2D eigenvalue weighted by Gasteiger charge is -2.17. The summed E-state index contributed by atoms with van der Waals surface area (Å²) in [5.41, 5.74) is 12.5. The molecular formula is C20H30N4O6. The van der Waals surface area contributed by atoms with Crippen molar-refractivity contribution < 1.29 is 29.7 Å². The lowest BCUT2D eigenvalue weighted by atomic mass is 9.94. The highest BCUT2D eigenvalue weighted by atomic mass is 16.4. The topological polar surface area (TPSA) is 189 Å². The van der Waals surface area contributed by atoms with E-state index in [4.69, 9.17) is 26.8 Å². The van der Waals surface area contributed by atoms with E-state index in [0.717, 1.165) is 31.2 Å². The molecule has 0 aliphatic rings. The minimum absolute atomic E-state index is 0.204. The molecule has 0 fully saturated rings. The van der Waals surface area contributed by atoms with Crippen LogP contribution in [-0.4, -0.2) is 53.2 Å². The summed E-state index contributed by atoms with van der Waals surface area (Å²) in [6.45, 7) is 2.59. The van der Waals surface area contributed by atoms with Gasteiger partial charge >= 0.3 is 5.97 Å². The normalized spacial score (nSPS) is 11.4. The number of benzene rings is 1. The minimum atomic E-state index is -1.39. The number of aliphatic hydroxyl groups excluding tert-OH is 2. The Morgan fingerprint density at radius 1 is 1.10 bits per heavy atom. The van der Waals surface area contributed by atoms with Gasteiger partial charge in [-0.1, -0.05) is 12.8 Å². The minimum Gasteiger partial charge on any atom is -0.481 e. The Morgan fingerprint density at radius 3 is 1.93 bits per heavy atom. The molecule has 0 saturated carbocycles. The van der Waals surface area contributed by atoms with Crippen LogP contribution in [0.25, 0.3) is 0 Å². The smallest absolute Gasteiger partial charge is 0.314 e. The van der Waals surface area contributed by atoms with Gasteiger partial charge < -0.3 is 26.8 Å². The summed E-state index contributed by atoms with van der Waals surface area (Å²) < 4.78 is 0. The highest BCUT2D eigenvalue weighted by molar-refractivity contribution is 5.74. The van der Waals surface area contributed by atoms with Crippen LogP contribution < -0.4 is 11.5 Å². The van der Waals surface area contributed by atoms with Crippen molar-refractivity contribution >= 4 is 29.5 Å². The van der Waals surface area contributed by atoms with Crippen LogP contribution in [-0.2, 0) is 14.4 Å². The van der Waals surface area contributed by atoms with E-state index in [9.17, 15) is 14.4 Å². The largest absolute Gasteiger partial charge is 0.481 e. The average Bonchev–Trinajstić information content (AvgIpc) is 2.73. The summed E-state index contributed by atoms with van der Waals surface area (Å²) >= 11 is 0. The van der Waals surface area contributed by atoms with Crippen molar-refractivity contribution in [3.05, 3.63) is 23.3 Å². The van der Waals surface area contributed by atoms with Gasteiger partial charge in [0, 0.05) is 11.6 Å². The number of unbranched alkanes of at least 4 members (excludes halogenated alkanes) is 2. The fourth-order valence-corrected chi connectivity index (χ4v) is 2.29. The summed E-state index contributed by atoms with van der Waals surface area (Å²) in [6, 6.07) is 3.26. The number of nitrogens with two attached hydrogens (primary N) is 2. The zero-order valence-corrected chi connectivity index (χ0v) is 17.3. The van der Waals surface area contributed by atoms with E-state index in [2.05, 4.69) is 9.98 Å². The molecule has 7 N–H and O–H groups in total. The molecule has 0 aliphatic heterocycles. The van der Waals surface area contributed by atoms with Crippen LogP contribution in [0, 0.1) is 12.3 Å². The lowest BCUT2D eigenvalue weighted by Crippen LogP contribution is -2.35. The summed E-state index contributed by atoms with van der Waals surface area (Å²) in [4.78, 5) is 38.4. The standard InChI is InChI=1S/C15H20N4O2.C5H10O4/c1-11-14(18-9-20)7-12(8-15(11)19-10-21)13(17)5-3-2-4-6-16;1-5(2-6,3-7)4(8)9/h7-8,13H,2-6,16-17H2,1H3;6-7H,2-3H2,1H3,(H,8,9). The van der Waals surface area contributed by atoms with Crippen molar-refractivity contribution in [3.63, 3.8) is 0 Å². The Bertz CT molecular complexity index is 742. The molecule has 0 amide bonds. The van der Waals surface area contributed by atoms with Crippen LogP contribution in [0.3, 0.4) is 0 Å². The first-order chi connectivity index (χ1) is 14.2. The lowest BCUT2D eigenvalue weighted by molar-refractivity contribution is -0.152. The van der Waals surface area contributed by atoms with Crippen LogP contribution in [0.5, 0.6) is 0 Å². The fraction of sp³-hybridized carbons (Fsp3) is 0.550. The molecule has 166 valence electrons. The second-order valence-corrected chi connectivity index (χ2v) is 7.02. The molecule has 10 heteroatoms. The molecule has 0 spiro atoms. The third-order valence-electron chi connectivity index (χ3n) is 4.57. The first kappa shape index (κ1) is 27.3. The number of aliphatic hydroxyl groups is 2.